The second-order valence-corrected chi connectivity index (χ2v) is 5.00. The number of pyridine rings is 2. The van der Waals surface area contributed by atoms with Gasteiger partial charge in [0.15, 0.2) is 0 Å². The highest BCUT2D eigenvalue weighted by Crippen LogP contribution is 2.28. The Morgan fingerprint density at radius 2 is 1.81 bits per heavy atom. The Bertz CT molecular complexity index is 837. The molecule has 0 radical (unpaired) electrons. The largest absolute Gasteiger partial charge is 0.417 e. The Labute approximate surface area is 144 Å². The van der Waals surface area contributed by atoms with Gasteiger partial charge in [0.05, 0.1) is 35.2 Å². The molecule has 2 aromatic rings. The highest BCUT2D eigenvalue weighted by molar-refractivity contribution is 6.39. The number of rotatable bonds is 4. The summed E-state index contributed by atoms with van der Waals surface area (Å²) in [6.45, 7) is -0.246. The lowest BCUT2D eigenvalue weighted by Crippen LogP contribution is -2.35. The zero-order valence-electron chi connectivity index (χ0n) is 13.0. The third-order valence-electron chi connectivity index (χ3n) is 3.07. The predicted octanol–water partition coefficient (Wildman–Crippen LogP) is 0.849. The number of primary amides is 1. The second kappa shape index (κ2) is 7.59. The minimum absolute atomic E-state index is 0.0390. The standard InChI is InChI=1S/C15H12F3N5O3/c16-15(17,18)9-1-2-10(21-5-9)7-22-13(25)14(26)23-11-3-8(12(19)24)4-20-6-11/h1-6H,7H2,(H2,19,24)(H,22,25)(H,23,26). The molecule has 0 fully saturated rings. The quantitative estimate of drug-likeness (QED) is 0.691. The molecule has 0 aliphatic heterocycles. The van der Waals surface area contributed by atoms with Crippen LogP contribution in [0.3, 0.4) is 0 Å². The first kappa shape index (κ1) is 18.8. The van der Waals surface area contributed by atoms with E-state index in [1.165, 1.54) is 18.5 Å². The fourth-order valence-electron chi connectivity index (χ4n) is 1.78. The third-order valence-corrected chi connectivity index (χ3v) is 3.07. The van der Waals surface area contributed by atoms with Gasteiger partial charge in [-0.1, -0.05) is 0 Å². The number of nitrogens with zero attached hydrogens (tertiary/aromatic N) is 2. The first-order chi connectivity index (χ1) is 12.2. The molecule has 2 aromatic heterocycles. The van der Waals surface area contributed by atoms with Gasteiger partial charge >= 0.3 is 18.0 Å². The number of carbonyl (C=O) groups excluding carboxylic acids is 3. The van der Waals surface area contributed by atoms with Crippen molar-refractivity contribution in [1.82, 2.24) is 15.3 Å². The van der Waals surface area contributed by atoms with Crippen molar-refractivity contribution in [2.24, 2.45) is 5.73 Å². The summed E-state index contributed by atoms with van der Waals surface area (Å²) >= 11 is 0. The van der Waals surface area contributed by atoms with Crippen LogP contribution in [0.4, 0.5) is 18.9 Å². The van der Waals surface area contributed by atoms with Crippen molar-refractivity contribution in [2.75, 3.05) is 5.32 Å². The van der Waals surface area contributed by atoms with Crippen LogP contribution < -0.4 is 16.4 Å². The number of aromatic nitrogens is 2. The van der Waals surface area contributed by atoms with Gasteiger partial charge in [-0.3, -0.25) is 24.4 Å². The van der Waals surface area contributed by atoms with E-state index in [-0.39, 0.29) is 23.5 Å². The SMILES string of the molecule is NC(=O)c1cncc(NC(=O)C(=O)NCc2ccc(C(F)(F)F)cn2)c1. The van der Waals surface area contributed by atoms with Gasteiger partial charge in [0.2, 0.25) is 5.91 Å². The molecule has 2 rings (SSSR count). The molecule has 4 N–H and O–H groups in total. The maximum absolute atomic E-state index is 12.4. The van der Waals surface area contributed by atoms with Crippen LogP contribution in [-0.4, -0.2) is 27.7 Å². The van der Waals surface area contributed by atoms with Crippen LogP contribution >= 0.6 is 0 Å². The van der Waals surface area contributed by atoms with Crippen molar-refractivity contribution >= 4 is 23.4 Å². The molecule has 2 heterocycles. The Balaban J connectivity index is 1.92. The summed E-state index contributed by atoms with van der Waals surface area (Å²) in [7, 11) is 0. The van der Waals surface area contributed by atoms with Gasteiger partial charge in [0.1, 0.15) is 0 Å². The predicted molar refractivity (Wildman–Crippen MR) is 82.5 cm³/mol. The highest BCUT2D eigenvalue weighted by atomic mass is 19.4. The minimum atomic E-state index is -4.51. The lowest BCUT2D eigenvalue weighted by atomic mass is 10.2. The molecular formula is C15H12F3N5O3. The van der Waals surface area contributed by atoms with Crippen molar-refractivity contribution in [2.45, 2.75) is 12.7 Å². The van der Waals surface area contributed by atoms with Crippen molar-refractivity contribution in [3.05, 3.63) is 53.6 Å². The van der Waals surface area contributed by atoms with E-state index in [4.69, 9.17) is 5.73 Å². The van der Waals surface area contributed by atoms with E-state index in [0.717, 1.165) is 12.1 Å². The second-order valence-electron chi connectivity index (χ2n) is 5.00. The highest BCUT2D eigenvalue weighted by Gasteiger charge is 2.30. The Kier molecular flexibility index (Phi) is 5.50. The summed E-state index contributed by atoms with van der Waals surface area (Å²) in [5, 5.41) is 4.42. The number of nitrogens with two attached hydrogens (primary N) is 1. The van der Waals surface area contributed by atoms with Crippen molar-refractivity contribution < 1.29 is 27.6 Å². The molecular weight excluding hydrogens is 355 g/mol. The van der Waals surface area contributed by atoms with E-state index in [0.29, 0.717) is 6.20 Å². The van der Waals surface area contributed by atoms with Gasteiger partial charge in [-0.2, -0.15) is 13.2 Å². The molecule has 0 aliphatic rings. The van der Waals surface area contributed by atoms with Crippen LogP contribution in [0, 0.1) is 0 Å². The van der Waals surface area contributed by atoms with E-state index < -0.39 is 29.5 Å². The number of halogens is 3. The zero-order valence-corrected chi connectivity index (χ0v) is 13.0. The average Bonchev–Trinajstić information content (AvgIpc) is 2.59. The molecule has 3 amide bonds. The van der Waals surface area contributed by atoms with Crippen LogP contribution in [0.2, 0.25) is 0 Å². The Morgan fingerprint density at radius 1 is 1.08 bits per heavy atom. The van der Waals surface area contributed by atoms with Crippen LogP contribution in [0.1, 0.15) is 21.6 Å². The normalized spacial score (nSPS) is 10.9. The third kappa shape index (κ3) is 5.00. The molecule has 0 atom stereocenters. The molecule has 0 bridgehead atoms. The summed E-state index contributed by atoms with van der Waals surface area (Å²) in [5.74, 6) is -2.86. The lowest BCUT2D eigenvalue weighted by molar-refractivity contribution is -0.137. The Hall–Kier alpha value is -3.50. The van der Waals surface area contributed by atoms with Crippen molar-refractivity contribution in [1.29, 1.82) is 0 Å². The van der Waals surface area contributed by atoms with E-state index in [9.17, 15) is 27.6 Å². The monoisotopic (exact) mass is 367 g/mol. The number of hydrogen-bond acceptors (Lipinski definition) is 5. The van der Waals surface area contributed by atoms with Gasteiger partial charge in [0.25, 0.3) is 0 Å². The van der Waals surface area contributed by atoms with E-state index in [1.807, 2.05) is 0 Å². The zero-order chi connectivity index (χ0) is 19.3. The number of alkyl halides is 3. The molecule has 136 valence electrons. The molecule has 11 heteroatoms. The van der Waals surface area contributed by atoms with E-state index in [1.54, 1.807) is 0 Å². The summed E-state index contributed by atoms with van der Waals surface area (Å²) in [6.07, 6.45) is -1.49. The summed E-state index contributed by atoms with van der Waals surface area (Å²) in [5.41, 5.74) is 4.40. The molecule has 0 saturated heterocycles. The Morgan fingerprint density at radius 3 is 2.38 bits per heavy atom. The van der Waals surface area contributed by atoms with Crippen molar-refractivity contribution in [3.8, 4) is 0 Å². The molecule has 0 spiro atoms. The van der Waals surface area contributed by atoms with Gasteiger partial charge in [-0.25, -0.2) is 0 Å². The molecule has 8 nitrogen and oxygen atoms in total. The summed E-state index contributed by atoms with van der Waals surface area (Å²) in [6, 6.07) is 3.13. The minimum Gasteiger partial charge on any atom is -0.366 e. The molecule has 0 aliphatic carbocycles. The van der Waals surface area contributed by atoms with Gasteiger partial charge in [-0.15, -0.1) is 0 Å². The maximum Gasteiger partial charge on any atom is 0.417 e. The van der Waals surface area contributed by atoms with E-state index >= 15 is 0 Å². The molecule has 0 aromatic carbocycles. The van der Waals surface area contributed by atoms with Gasteiger partial charge < -0.3 is 16.4 Å². The van der Waals surface area contributed by atoms with Crippen LogP contribution in [0.15, 0.2) is 36.8 Å². The maximum atomic E-state index is 12.4. The van der Waals surface area contributed by atoms with Gasteiger partial charge in [0, 0.05) is 12.4 Å². The first-order valence-corrected chi connectivity index (χ1v) is 7.03. The number of amides is 3. The van der Waals surface area contributed by atoms with Crippen LogP contribution in [-0.2, 0) is 22.3 Å². The fraction of sp³-hybridized carbons (Fsp3) is 0.133. The molecule has 0 unspecified atom stereocenters. The molecule has 0 saturated carbocycles. The smallest absolute Gasteiger partial charge is 0.366 e. The van der Waals surface area contributed by atoms with Crippen molar-refractivity contribution in [3.63, 3.8) is 0 Å². The summed E-state index contributed by atoms with van der Waals surface area (Å²) in [4.78, 5) is 41.8. The number of anilines is 1. The van der Waals surface area contributed by atoms with Gasteiger partial charge in [-0.05, 0) is 18.2 Å². The molecule has 26 heavy (non-hydrogen) atoms. The summed E-state index contributed by atoms with van der Waals surface area (Å²) < 4.78 is 37.3. The first-order valence-electron chi connectivity index (χ1n) is 7.03. The van der Waals surface area contributed by atoms with Crippen LogP contribution in [0.5, 0.6) is 0 Å². The average molecular weight is 367 g/mol. The van der Waals surface area contributed by atoms with Crippen LogP contribution in [0.25, 0.3) is 0 Å². The number of nitrogens with one attached hydrogen (secondary N) is 2. The number of hydrogen-bond donors (Lipinski definition) is 3. The lowest BCUT2D eigenvalue weighted by Gasteiger charge is -2.08. The topological polar surface area (TPSA) is 127 Å². The number of carbonyl (C=O) groups is 3. The van der Waals surface area contributed by atoms with E-state index in [2.05, 4.69) is 20.6 Å². The fourth-order valence-corrected chi connectivity index (χ4v) is 1.78.